The molecule has 0 unspecified atom stereocenters. The lowest BCUT2D eigenvalue weighted by molar-refractivity contribution is -0.118. The number of alkyl halides is 1. The summed E-state index contributed by atoms with van der Waals surface area (Å²) in [6.07, 6.45) is 0.333. The third-order valence-electron chi connectivity index (χ3n) is 3.58. The zero-order chi connectivity index (χ0) is 14.8. The van der Waals surface area contributed by atoms with Crippen molar-refractivity contribution in [1.29, 1.82) is 0 Å². The molecule has 1 aromatic heterocycles. The fourth-order valence-corrected chi connectivity index (χ4v) is 3.49. The number of halogens is 1. The van der Waals surface area contributed by atoms with E-state index < -0.39 is 0 Å². The molecule has 1 aliphatic rings. The van der Waals surface area contributed by atoms with Crippen LogP contribution in [-0.2, 0) is 17.1 Å². The van der Waals surface area contributed by atoms with Gasteiger partial charge >= 0.3 is 0 Å². The molecular weight excluding hydrogens is 306 g/mol. The summed E-state index contributed by atoms with van der Waals surface area (Å²) in [7, 11) is 2.05. The number of thiazole rings is 1. The third kappa shape index (κ3) is 2.89. The second-order valence-electron chi connectivity index (χ2n) is 5.00. The normalized spacial score (nSPS) is 14.2. The zero-order valence-corrected chi connectivity index (χ0v) is 13.3. The average molecular weight is 322 g/mol. The Morgan fingerprint density at radius 3 is 2.81 bits per heavy atom. The monoisotopic (exact) mass is 321 g/mol. The number of hydrogen-bond acceptors (Lipinski definition) is 4. The maximum atomic E-state index is 12.6. The first-order chi connectivity index (χ1) is 10.2. The minimum atomic E-state index is 0.0889. The highest BCUT2D eigenvalue weighted by Crippen LogP contribution is 2.32. The highest BCUT2D eigenvalue weighted by atomic mass is 35.5. The van der Waals surface area contributed by atoms with Crippen LogP contribution in [0.3, 0.4) is 0 Å². The van der Waals surface area contributed by atoms with Gasteiger partial charge in [0.1, 0.15) is 5.01 Å². The van der Waals surface area contributed by atoms with Crippen LogP contribution in [0.1, 0.15) is 10.7 Å². The Bertz CT molecular complexity index is 658. The van der Waals surface area contributed by atoms with Crippen LogP contribution in [0.5, 0.6) is 0 Å². The van der Waals surface area contributed by atoms with E-state index in [1.807, 2.05) is 41.6 Å². The van der Waals surface area contributed by atoms with Crippen molar-refractivity contribution in [2.45, 2.75) is 12.3 Å². The van der Waals surface area contributed by atoms with Crippen LogP contribution in [0, 0.1) is 0 Å². The lowest BCUT2D eigenvalue weighted by Gasteiger charge is -2.35. The molecule has 0 radical (unpaired) electrons. The van der Waals surface area contributed by atoms with Gasteiger partial charge in [-0.3, -0.25) is 4.79 Å². The summed E-state index contributed by atoms with van der Waals surface area (Å²) in [5.74, 6) is 0.480. The Labute approximate surface area is 133 Å². The van der Waals surface area contributed by atoms with Crippen LogP contribution in [0.15, 0.2) is 29.6 Å². The number of carbonyl (C=O) groups is 1. The number of amides is 1. The molecule has 0 atom stereocenters. The molecule has 21 heavy (non-hydrogen) atoms. The summed E-state index contributed by atoms with van der Waals surface area (Å²) in [5, 5.41) is 2.74. The second kappa shape index (κ2) is 6.03. The number of rotatable bonds is 3. The second-order valence-corrected chi connectivity index (χ2v) is 6.21. The topological polar surface area (TPSA) is 36.4 Å². The van der Waals surface area contributed by atoms with Crippen LogP contribution in [0.4, 0.5) is 11.4 Å². The van der Waals surface area contributed by atoms with Crippen molar-refractivity contribution in [3.63, 3.8) is 0 Å². The molecule has 0 bridgehead atoms. The molecule has 3 rings (SSSR count). The van der Waals surface area contributed by atoms with Gasteiger partial charge in [0.25, 0.3) is 0 Å². The minimum Gasteiger partial charge on any atom is -0.371 e. The fraction of sp³-hybridized carbons (Fsp3) is 0.333. The zero-order valence-electron chi connectivity index (χ0n) is 11.8. The molecule has 1 amide bonds. The molecular formula is C15H16ClN3OS. The highest BCUT2D eigenvalue weighted by molar-refractivity contribution is 7.09. The van der Waals surface area contributed by atoms with E-state index in [0.717, 1.165) is 28.6 Å². The van der Waals surface area contributed by atoms with Crippen LogP contribution < -0.4 is 9.80 Å². The van der Waals surface area contributed by atoms with E-state index in [1.165, 1.54) is 11.3 Å². The Kier molecular flexibility index (Phi) is 4.12. The molecule has 110 valence electrons. The lowest BCUT2D eigenvalue weighted by atomic mass is 10.1. The van der Waals surface area contributed by atoms with Gasteiger partial charge in [0.15, 0.2) is 0 Å². The van der Waals surface area contributed by atoms with Crippen LogP contribution in [0.2, 0.25) is 0 Å². The molecule has 2 aromatic rings. The van der Waals surface area contributed by atoms with E-state index in [0.29, 0.717) is 18.8 Å². The highest BCUT2D eigenvalue weighted by Gasteiger charge is 2.25. The van der Waals surface area contributed by atoms with E-state index >= 15 is 0 Å². The van der Waals surface area contributed by atoms with Crippen molar-refractivity contribution in [3.8, 4) is 0 Å². The summed E-state index contributed by atoms with van der Waals surface area (Å²) in [4.78, 5) is 21.0. The van der Waals surface area contributed by atoms with Crippen molar-refractivity contribution < 1.29 is 4.79 Å². The maximum Gasteiger partial charge on any atom is 0.233 e. The van der Waals surface area contributed by atoms with Gasteiger partial charge in [-0.25, -0.2) is 4.98 Å². The fourth-order valence-electron chi connectivity index (χ4n) is 2.48. The van der Waals surface area contributed by atoms with Gasteiger partial charge in [-0.05, 0) is 12.1 Å². The van der Waals surface area contributed by atoms with Gasteiger partial charge < -0.3 is 9.80 Å². The first kappa shape index (κ1) is 14.4. The number of nitrogens with zero attached hydrogens (tertiary/aromatic N) is 3. The van der Waals surface area contributed by atoms with Crippen molar-refractivity contribution in [1.82, 2.24) is 4.98 Å². The number of para-hydroxylation sites is 2. The molecule has 0 fully saturated rings. The molecule has 0 spiro atoms. The quantitative estimate of drug-likeness (QED) is 0.816. The largest absolute Gasteiger partial charge is 0.371 e. The maximum absolute atomic E-state index is 12.6. The molecule has 4 nitrogen and oxygen atoms in total. The third-order valence-corrected chi connectivity index (χ3v) is 4.75. The number of hydrogen-bond donors (Lipinski definition) is 0. The number of aromatic nitrogens is 1. The van der Waals surface area contributed by atoms with E-state index in [1.54, 1.807) is 0 Å². The predicted molar refractivity (Wildman–Crippen MR) is 87.4 cm³/mol. The molecule has 6 heteroatoms. The number of carbonyl (C=O) groups excluding carboxylic acids is 1. The van der Waals surface area contributed by atoms with Gasteiger partial charge in [0, 0.05) is 25.5 Å². The molecule has 0 aliphatic carbocycles. The number of fused-ring (bicyclic) bond motifs is 1. The molecule has 1 aromatic carbocycles. The van der Waals surface area contributed by atoms with Gasteiger partial charge in [-0.1, -0.05) is 12.1 Å². The van der Waals surface area contributed by atoms with Gasteiger partial charge in [0.2, 0.25) is 5.91 Å². The molecule has 0 saturated heterocycles. The summed E-state index contributed by atoms with van der Waals surface area (Å²) >= 11 is 7.25. The summed E-state index contributed by atoms with van der Waals surface area (Å²) in [6, 6.07) is 8.00. The SMILES string of the molecule is CN1CCN(C(=O)Cc2nc(CCl)cs2)c2ccccc21. The Morgan fingerprint density at radius 2 is 2.10 bits per heavy atom. The van der Waals surface area contributed by atoms with Crippen molar-refractivity contribution >= 4 is 40.2 Å². The average Bonchev–Trinajstić information content (AvgIpc) is 2.95. The van der Waals surface area contributed by atoms with E-state index in [2.05, 4.69) is 9.88 Å². The smallest absolute Gasteiger partial charge is 0.233 e. The molecule has 1 aliphatic heterocycles. The number of anilines is 2. The molecule has 2 heterocycles. The van der Waals surface area contributed by atoms with Crippen LogP contribution in [-0.4, -0.2) is 31.0 Å². The standard InChI is InChI=1S/C15H16ClN3OS/c1-18-6-7-19(13-5-3-2-4-12(13)18)15(20)8-14-17-11(9-16)10-21-14/h2-5,10H,6-9H2,1H3. The lowest BCUT2D eigenvalue weighted by Crippen LogP contribution is -2.43. The van der Waals surface area contributed by atoms with Crippen LogP contribution >= 0.6 is 22.9 Å². The van der Waals surface area contributed by atoms with E-state index in [-0.39, 0.29) is 5.91 Å². The minimum absolute atomic E-state index is 0.0889. The Morgan fingerprint density at radius 1 is 1.33 bits per heavy atom. The van der Waals surface area contributed by atoms with Gasteiger partial charge in [-0.2, -0.15) is 0 Å². The van der Waals surface area contributed by atoms with Crippen molar-refractivity contribution in [2.24, 2.45) is 0 Å². The first-order valence-electron chi connectivity index (χ1n) is 6.79. The first-order valence-corrected chi connectivity index (χ1v) is 8.20. The van der Waals surface area contributed by atoms with Gasteiger partial charge in [-0.15, -0.1) is 22.9 Å². The number of likely N-dealkylation sites (N-methyl/N-ethyl adjacent to an activating group) is 1. The predicted octanol–water partition coefficient (Wildman–Crippen LogP) is 2.91. The van der Waals surface area contributed by atoms with Crippen LogP contribution in [0.25, 0.3) is 0 Å². The number of benzene rings is 1. The van der Waals surface area contributed by atoms with E-state index in [9.17, 15) is 4.79 Å². The van der Waals surface area contributed by atoms with E-state index in [4.69, 9.17) is 11.6 Å². The molecule has 0 N–H and O–H groups in total. The Balaban J connectivity index is 1.80. The summed E-state index contributed by atoms with van der Waals surface area (Å²) < 4.78 is 0. The van der Waals surface area contributed by atoms with Crippen molar-refractivity contribution in [3.05, 3.63) is 40.3 Å². The summed E-state index contributed by atoms with van der Waals surface area (Å²) in [5.41, 5.74) is 2.91. The van der Waals surface area contributed by atoms with Crippen molar-refractivity contribution in [2.75, 3.05) is 29.9 Å². The molecule has 0 saturated carbocycles. The van der Waals surface area contributed by atoms with Gasteiger partial charge in [0.05, 0.1) is 29.4 Å². The summed E-state index contributed by atoms with van der Waals surface area (Å²) in [6.45, 7) is 1.55. The Hall–Kier alpha value is -1.59.